The Hall–Kier alpha value is -8.61. The summed E-state index contributed by atoms with van der Waals surface area (Å²) < 4.78 is 112. The summed E-state index contributed by atoms with van der Waals surface area (Å²) in [7, 11) is 0. The number of halogens is 6. The number of aromatic nitrogens is 9. The molecule has 0 unspecified atom stereocenters. The summed E-state index contributed by atoms with van der Waals surface area (Å²) in [5.74, 6) is 1.52. The van der Waals surface area contributed by atoms with Crippen LogP contribution >= 0.6 is 0 Å². The fourth-order valence-electron chi connectivity index (χ4n) is 11.5. The number of ether oxygens (including phenoxy) is 5. The maximum Gasteiger partial charge on any atom is 0.280 e. The number of nitrogens with zero attached hydrogens (tertiary/aromatic N) is 9. The predicted molar refractivity (Wildman–Crippen MR) is 333 cm³/mol. The van der Waals surface area contributed by atoms with Crippen molar-refractivity contribution in [1.82, 2.24) is 43.1 Å². The van der Waals surface area contributed by atoms with Gasteiger partial charge in [0.05, 0.1) is 67.4 Å². The van der Waals surface area contributed by atoms with Crippen LogP contribution in [0.4, 0.5) is 26.3 Å². The summed E-state index contributed by atoms with van der Waals surface area (Å²) in [5, 5.41) is 9.53. The zero-order valence-electron chi connectivity index (χ0n) is 52.7. The van der Waals surface area contributed by atoms with Gasteiger partial charge in [0, 0.05) is 109 Å². The average molecular weight is 1290 g/mol. The number of ketones is 3. The molecule has 3 aliphatic rings. The number of alkyl halides is 6. The highest BCUT2D eigenvalue weighted by Gasteiger charge is 2.36. The second-order valence-corrected chi connectivity index (χ2v) is 23.9. The molecule has 3 aliphatic carbocycles. The molecule has 1 N–H and O–H groups in total. The third-order valence-corrected chi connectivity index (χ3v) is 16.2. The molecule has 0 bridgehead atoms. The molecule has 0 saturated heterocycles. The van der Waals surface area contributed by atoms with Gasteiger partial charge < -0.3 is 42.0 Å². The molecule has 93 heavy (non-hydrogen) atoms. The van der Waals surface area contributed by atoms with Crippen LogP contribution in [0.25, 0.3) is 16.9 Å². The molecule has 0 amide bonds. The fourth-order valence-corrected chi connectivity index (χ4v) is 11.5. The number of carbonyl (C=O) groups excluding carboxylic acids is 3. The highest BCUT2D eigenvalue weighted by atomic mass is 19.3. The largest absolute Gasteiger partial charge is 0.493 e. The standard InChI is InChI=1S/2C24H27F2N3O3.C21H21F2N3O3/c2*1-4-31-22-11-23-28-20(15-8-17(9-15)32-14(2)3)13-29(23)12-16(22)10-21(30)18-6-5-7-19(27-18)24(25)26;1-2-29-19-9-20-25-17(12-6-14(27)7-12)11-26(20)10-13(19)8-18(28)15-4-3-5-16(24-15)21(22)23/h2*5-7,11-15,17,24H,4,8-10H2,1-3H3;3-5,9-12,14,21,27H,2,6-8H2,1H3. The average Bonchev–Trinajstić information content (AvgIpc) is 1.67. The first-order valence-corrected chi connectivity index (χ1v) is 31.4. The van der Waals surface area contributed by atoms with E-state index in [0.29, 0.717) is 84.1 Å². The summed E-state index contributed by atoms with van der Waals surface area (Å²) in [6, 6.07) is 17.6. The molecular weight excluding hydrogens is 1210 g/mol. The van der Waals surface area contributed by atoms with Crippen LogP contribution < -0.4 is 14.2 Å². The van der Waals surface area contributed by atoms with E-state index in [9.17, 15) is 45.8 Å². The van der Waals surface area contributed by atoms with Crippen LogP contribution in [0.3, 0.4) is 0 Å². The number of aliphatic hydroxyl groups is 1. The molecule has 12 rings (SSSR count). The van der Waals surface area contributed by atoms with E-state index in [1.807, 2.05) is 105 Å². The number of hydrogen-bond acceptors (Lipinski definition) is 15. The summed E-state index contributed by atoms with van der Waals surface area (Å²) in [6.45, 7) is 15.0. The number of aliphatic hydroxyl groups excluding tert-OH is 1. The first-order valence-electron chi connectivity index (χ1n) is 31.4. The summed E-state index contributed by atoms with van der Waals surface area (Å²) >= 11 is 0. The molecule has 0 radical (unpaired) electrons. The lowest BCUT2D eigenvalue weighted by Crippen LogP contribution is -2.32. The highest BCUT2D eigenvalue weighted by Crippen LogP contribution is 2.41. The first-order chi connectivity index (χ1) is 44.6. The molecule has 9 aromatic rings. The quantitative estimate of drug-likeness (QED) is 0.0417. The zero-order valence-corrected chi connectivity index (χ0v) is 52.7. The van der Waals surface area contributed by atoms with E-state index in [0.717, 1.165) is 54.1 Å². The van der Waals surface area contributed by atoms with Crippen molar-refractivity contribution in [2.24, 2.45) is 0 Å². The van der Waals surface area contributed by atoms with Crippen molar-refractivity contribution in [3.63, 3.8) is 0 Å². The van der Waals surface area contributed by atoms with Gasteiger partial charge in [0.25, 0.3) is 19.3 Å². The van der Waals surface area contributed by atoms with Crippen molar-refractivity contribution >= 4 is 34.3 Å². The lowest BCUT2D eigenvalue weighted by molar-refractivity contribution is -0.0458. The van der Waals surface area contributed by atoms with E-state index >= 15 is 0 Å². The molecule has 18 nitrogen and oxygen atoms in total. The van der Waals surface area contributed by atoms with Crippen LogP contribution in [-0.2, 0) is 28.7 Å². The second kappa shape index (κ2) is 30.0. The molecule has 9 aromatic heterocycles. The van der Waals surface area contributed by atoms with Gasteiger partial charge in [-0.05, 0) is 123 Å². The predicted octanol–water partition coefficient (Wildman–Crippen LogP) is 14.1. The van der Waals surface area contributed by atoms with Gasteiger partial charge in [-0.15, -0.1) is 0 Å². The van der Waals surface area contributed by atoms with Crippen molar-refractivity contribution in [3.8, 4) is 17.2 Å². The number of hydrogen-bond donors (Lipinski definition) is 1. The van der Waals surface area contributed by atoms with E-state index < -0.39 is 36.4 Å². The third kappa shape index (κ3) is 16.6. The Labute approximate surface area is 533 Å². The number of carbonyl (C=O) groups is 3. The van der Waals surface area contributed by atoms with Crippen LogP contribution in [-0.4, -0.2) is 116 Å². The Morgan fingerprint density at radius 2 is 0.742 bits per heavy atom. The van der Waals surface area contributed by atoms with E-state index in [4.69, 9.17) is 33.7 Å². The maximum atomic E-state index is 13.0. The molecule has 3 fully saturated rings. The van der Waals surface area contributed by atoms with Crippen LogP contribution in [0.5, 0.6) is 17.2 Å². The molecule has 3 saturated carbocycles. The minimum atomic E-state index is -2.73. The topological polar surface area (TPSA) is 208 Å². The van der Waals surface area contributed by atoms with Crippen molar-refractivity contribution in [3.05, 3.63) is 178 Å². The molecular formula is C69H75F6N9O9. The van der Waals surface area contributed by atoms with Gasteiger partial charge in [0.1, 0.15) is 68.4 Å². The first kappa shape index (κ1) is 67.3. The molecule has 0 aromatic carbocycles. The normalized spacial score (nSPS) is 18.5. The van der Waals surface area contributed by atoms with E-state index in [-0.39, 0.29) is 90.1 Å². The summed E-state index contributed by atoms with van der Waals surface area (Å²) in [5.41, 5.74) is 5.81. The van der Waals surface area contributed by atoms with Crippen LogP contribution in [0.1, 0.15) is 206 Å². The van der Waals surface area contributed by atoms with E-state index in [1.54, 1.807) is 12.3 Å². The molecule has 0 spiro atoms. The van der Waals surface area contributed by atoms with Gasteiger partial charge in [-0.1, -0.05) is 18.2 Å². The summed E-state index contributed by atoms with van der Waals surface area (Å²) in [6.07, 6.45) is 8.92. The molecule has 492 valence electrons. The SMILES string of the molecule is CCOc1cc2nc(C3CC(O)C3)cn2cc1CC(=O)c1cccc(C(F)F)n1.CCOc1cc2nc(C3CC(OC(C)C)C3)cn2cc1CC(=O)c1cccc(C(F)F)n1.CCOc1cc2nc(C3CC(OC(C)C)C3)cn2cc1CC(=O)c1cccc(C(F)F)n1. The number of rotatable bonds is 25. The van der Waals surface area contributed by atoms with E-state index in [2.05, 4.69) is 19.9 Å². The minimum absolute atomic E-state index is 0.000112. The van der Waals surface area contributed by atoms with Gasteiger partial charge >= 0.3 is 0 Å². The van der Waals surface area contributed by atoms with Crippen LogP contribution in [0, 0.1) is 0 Å². The summed E-state index contributed by atoms with van der Waals surface area (Å²) in [4.78, 5) is 63.7. The van der Waals surface area contributed by atoms with E-state index in [1.165, 1.54) is 54.6 Å². The molecule has 0 aliphatic heterocycles. The Morgan fingerprint density at radius 1 is 0.452 bits per heavy atom. The maximum absolute atomic E-state index is 13.0. The van der Waals surface area contributed by atoms with Crippen molar-refractivity contribution in [2.75, 3.05) is 19.8 Å². The third-order valence-electron chi connectivity index (χ3n) is 16.2. The minimum Gasteiger partial charge on any atom is -0.493 e. The monoisotopic (exact) mass is 1290 g/mol. The Bertz CT molecular complexity index is 3910. The number of Topliss-reactive ketones (excluding diaryl/α,β-unsaturated/α-hetero) is 3. The fraction of sp³-hybridized carbons (Fsp3) is 0.435. The Kier molecular flexibility index (Phi) is 21.7. The zero-order chi connectivity index (χ0) is 66.2. The van der Waals surface area contributed by atoms with Gasteiger partial charge in [-0.3, -0.25) is 14.4 Å². The lowest BCUT2D eigenvalue weighted by Gasteiger charge is -2.35. The molecule has 9 heterocycles. The molecule has 24 heteroatoms. The van der Waals surface area contributed by atoms with Crippen molar-refractivity contribution < 1.29 is 69.5 Å². The smallest absolute Gasteiger partial charge is 0.280 e. The van der Waals surface area contributed by atoms with Gasteiger partial charge in [-0.25, -0.2) is 56.2 Å². The Morgan fingerprint density at radius 3 is 1.00 bits per heavy atom. The molecule has 0 atom stereocenters. The van der Waals surface area contributed by atoms with Crippen molar-refractivity contribution in [2.45, 2.75) is 174 Å². The van der Waals surface area contributed by atoms with Gasteiger partial charge in [0.15, 0.2) is 17.3 Å². The van der Waals surface area contributed by atoms with Gasteiger partial charge in [-0.2, -0.15) is 0 Å². The lowest BCUT2D eigenvalue weighted by atomic mass is 9.80. The van der Waals surface area contributed by atoms with Crippen molar-refractivity contribution in [1.29, 1.82) is 0 Å². The van der Waals surface area contributed by atoms with Crippen LogP contribution in [0.2, 0.25) is 0 Å². The Balaban J connectivity index is 0.000000153. The van der Waals surface area contributed by atoms with Gasteiger partial charge in [0.2, 0.25) is 0 Å². The highest BCUT2D eigenvalue weighted by molar-refractivity contribution is 5.97. The van der Waals surface area contributed by atoms with Crippen LogP contribution in [0.15, 0.2) is 110 Å². The second-order valence-electron chi connectivity index (χ2n) is 23.9. The number of imidazole rings is 3. The number of pyridine rings is 6. The number of fused-ring (bicyclic) bond motifs is 3.